The van der Waals surface area contributed by atoms with Crippen LogP contribution in [-0.4, -0.2) is 81.1 Å². The number of imidazole rings is 1. The molecule has 3 aromatic rings. The van der Waals surface area contributed by atoms with Crippen molar-refractivity contribution in [2.24, 2.45) is 0 Å². The molecule has 0 aliphatic carbocycles. The molecule has 3 heterocycles. The Labute approximate surface area is 191 Å². The fraction of sp³-hybridized carbons (Fsp3) is 0.333. The van der Waals surface area contributed by atoms with Crippen molar-refractivity contribution in [2.45, 2.75) is 24.5 Å². The van der Waals surface area contributed by atoms with Crippen LogP contribution in [0, 0.1) is 5.82 Å². The van der Waals surface area contributed by atoms with Gasteiger partial charge in [-0.2, -0.15) is 18.1 Å². The van der Waals surface area contributed by atoms with Gasteiger partial charge in [0, 0.05) is 12.6 Å². The molecule has 1 aliphatic heterocycles. The van der Waals surface area contributed by atoms with E-state index >= 15 is 0 Å². The van der Waals surface area contributed by atoms with Gasteiger partial charge in [-0.25, -0.2) is 19.1 Å². The average Bonchev–Trinajstić information content (AvgIpc) is 3.33. The SMILES string of the molecule is COc1ncnc2c1ncn2[C@@H]1O[C@H](CNS(=O)(=O)NC(=O)c2ccc(F)cc2O)[C@@H](O)[C@H]1O. The van der Waals surface area contributed by atoms with Crippen molar-refractivity contribution in [3.05, 3.63) is 42.2 Å². The van der Waals surface area contributed by atoms with Crippen LogP contribution in [-0.2, 0) is 14.9 Å². The number of phenols is 1. The van der Waals surface area contributed by atoms with Gasteiger partial charge in [-0.05, 0) is 12.1 Å². The highest BCUT2D eigenvalue weighted by Gasteiger charge is 2.44. The Bertz CT molecular complexity index is 1340. The standard InChI is InChI=1S/C18H19FN6O8S/c1-32-17-12-15(20-6-21-17)25(7-22-12)18-14(28)13(27)11(33-18)5-23-34(30,31)24-16(29)9-3-2-8(19)4-10(9)26/h2-4,6-7,11,13-14,18,23,26-28H,5H2,1H3,(H,24,29)/t11-,13-,14-,18-/m1/s1. The molecule has 1 fully saturated rings. The molecule has 2 aromatic heterocycles. The molecule has 1 saturated heterocycles. The maximum atomic E-state index is 13.1. The van der Waals surface area contributed by atoms with E-state index in [0.29, 0.717) is 6.07 Å². The number of aliphatic hydroxyl groups is 2. The second kappa shape index (κ2) is 9.07. The van der Waals surface area contributed by atoms with Crippen LogP contribution in [0.5, 0.6) is 11.6 Å². The quantitative estimate of drug-likeness (QED) is 0.256. The molecule has 1 aromatic carbocycles. The van der Waals surface area contributed by atoms with Crippen LogP contribution in [0.4, 0.5) is 4.39 Å². The Hall–Kier alpha value is -3.44. The molecule has 16 heteroatoms. The normalized spacial score (nSPS) is 22.7. The molecular formula is C18H19FN6O8S. The average molecular weight is 498 g/mol. The number of ether oxygens (including phenoxy) is 2. The van der Waals surface area contributed by atoms with Gasteiger partial charge in [0.2, 0.25) is 5.88 Å². The van der Waals surface area contributed by atoms with Crippen LogP contribution in [0.15, 0.2) is 30.9 Å². The zero-order chi connectivity index (χ0) is 24.6. The predicted octanol–water partition coefficient (Wildman–Crippen LogP) is -1.44. The monoisotopic (exact) mass is 498 g/mol. The van der Waals surface area contributed by atoms with Gasteiger partial charge in [-0.3, -0.25) is 9.36 Å². The Morgan fingerprint density at radius 2 is 2.03 bits per heavy atom. The third kappa shape index (κ3) is 4.48. The summed E-state index contributed by atoms with van der Waals surface area (Å²) in [4.78, 5) is 24.2. The van der Waals surface area contributed by atoms with E-state index < -0.39 is 64.3 Å². The van der Waals surface area contributed by atoms with E-state index in [1.54, 1.807) is 4.72 Å². The number of nitrogens with zero attached hydrogens (tertiary/aromatic N) is 4. The van der Waals surface area contributed by atoms with Crippen LogP contribution in [0.3, 0.4) is 0 Å². The number of nitrogens with one attached hydrogen (secondary N) is 2. The summed E-state index contributed by atoms with van der Waals surface area (Å²) in [5, 5.41) is 30.5. The molecule has 4 rings (SSSR count). The Morgan fingerprint density at radius 1 is 1.26 bits per heavy atom. The van der Waals surface area contributed by atoms with Crippen LogP contribution < -0.4 is 14.2 Å². The first-order valence-electron chi connectivity index (χ1n) is 9.64. The summed E-state index contributed by atoms with van der Waals surface area (Å²) < 4.78 is 53.3. The third-order valence-corrected chi connectivity index (χ3v) is 6.04. The molecule has 14 nitrogen and oxygen atoms in total. The summed E-state index contributed by atoms with van der Waals surface area (Å²) in [6.45, 7) is -0.530. The van der Waals surface area contributed by atoms with E-state index in [4.69, 9.17) is 9.47 Å². The minimum atomic E-state index is -4.48. The second-order valence-corrected chi connectivity index (χ2v) is 8.70. The third-order valence-electron chi connectivity index (χ3n) is 5.04. The smallest absolute Gasteiger partial charge is 0.301 e. The van der Waals surface area contributed by atoms with Crippen LogP contribution in [0.2, 0.25) is 0 Å². The number of methoxy groups -OCH3 is 1. The van der Waals surface area contributed by atoms with Crippen molar-refractivity contribution in [2.75, 3.05) is 13.7 Å². The number of carbonyl (C=O) groups is 1. The van der Waals surface area contributed by atoms with E-state index in [-0.39, 0.29) is 17.0 Å². The number of carbonyl (C=O) groups excluding carboxylic acids is 1. The van der Waals surface area contributed by atoms with Gasteiger partial charge in [-0.15, -0.1) is 0 Å². The van der Waals surface area contributed by atoms with Gasteiger partial charge in [0.1, 0.15) is 36.2 Å². The predicted molar refractivity (Wildman–Crippen MR) is 110 cm³/mol. The number of amides is 1. The molecular weight excluding hydrogens is 479 g/mol. The van der Waals surface area contributed by atoms with Crippen LogP contribution in [0.25, 0.3) is 11.2 Å². The number of hydrogen-bond acceptors (Lipinski definition) is 11. The molecule has 182 valence electrons. The number of phenolic OH excluding ortho intramolecular Hbond substituents is 1. The summed E-state index contributed by atoms with van der Waals surface area (Å²) in [5.41, 5.74) is 0.0608. The first-order valence-corrected chi connectivity index (χ1v) is 11.1. The van der Waals surface area contributed by atoms with Gasteiger partial charge in [-0.1, -0.05) is 0 Å². The zero-order valence-electron chi connectivity index (χ0n) is 17.4. The van der Waals surface area contributed by atoms with E-state index in [9.17, 15) is 32.9 Å². The molecule has 0 unspecified atom stereocenters. The van der Waals surface area contributed by atoms with E-state index in [1.807, 2.05) is 4.72 Å². The first-order chi connectivity index (χ1) is 16.1. The summed E-state index contributed by atoms with van der Waals surface area (Å²) in [6, 6.07) is 2.44. The lowest BCUT2D eigenvalue weighted by atomic mass is 10.1. The Balaban J connectivity index is 1.44. The lowest BCUT2D eigenvalue weighted by Crippen LogP contribution is -2.45. The fourth-order valence-corrected chi connectivity index (χ4v) is 4.21. The molecule has 34 heavy (non-hydrogen) atoms. The summed E-state index contributed by atoms with van der Waals surface area (Å²) in [5.74, 6) is -2.59. The topological polar surface area (TPSA) is 198 Å². The van der Waals surface area contributed by atoms with Crippen molar-refractivity contribution in [3.8, 4) is 11.6 Å². The van der Waals surface area contributed by atoms with Crippen LogP contribution >= 0.6 is 0 Å². The maximum Gasteiger partial charge on any atom is 0.301 e. The Morgan fingerprint density at radius 3 is 2.74 bits per heavy atom. The lowest BCUT2D eigenvalue weighted by Gasteiger charge is -2.16. The fourth-order valence-electron chi connectivity index (χ4n) is 3.40. The van der Waals surface area contributed by atoms with Gasteiger partial charge in [0.25, 0.3) is 5.91 Å². The van der Waals surface area contributed by atoms with Crippen molar-refractivity contribution in [1.82, 2.24) is 29.0 Å². The van der Waals surface area contributed by atoms with Crippen molar-refractivity contribution in [3.63, 3.8) is 0 Å². The lowest BCUT2D eigenvalue weighted by molar-refractivity contribution is -0.0330. The zero-order valence-corrected chi connectivity index (χ0v) is 18.2. The number of aliphatic hydroxyl groups excluding tert-OH is 2. The molecule has 1 aliphatic rings. The van der Waals surface area contributed by atoms with Gasteiger partial charge in [0.05, 0.1) is 19.0 Å². The number of fused-ring (bicyclic) bond motifs is 1. The van der Waals surface area contributed by atoms with Crippen molar-refractivity contribution < 1.29 is 42.4 Å². The summed E-state index contributed by atoms with van der Waals surface area (Å²) in [6.07, 6.45) is -2.86. The second-order valence-electron chi connectivity index (χ2n) is 7.20. The highest BCUT2D eigenvalue weighted by molar-refractivity contribution is 7.88. The first kappa shape index (κ1) is 23.7. The molecule has 0 saturated carbocycles. The molecule has 5 N–H and O–H groups in total. The van der Waals surface area contributed by atoms with E-state index in [0.717, 1.165) is 12.1 Å². The number of aromatic hydroxyl groups is 1. The molecule has 0 bridgehead atoms. The summed E-state index contributed by atoms with van der Waals surface area (Å²) in [7, 11) is -3.09. The number of halogens is 1. The molecule has 0 spiro atoms. The molecule has 0 radical (unpaired) electrons. The molecule has 4 atom stereocenters. The van der Waals surface area contributed by atoms with E-state index in [2.05, 4.69) is 15.0 Å². The largest absolute Gasteiger partial charge is 0.507 e. The number of aromatic nitrogens is 4. The number of benzene rings is 1. The highest BCUT2D eigenvalue weighted by atomic mass is 32.2. The number of hydrogen-bond donors (Lipinski definition) is 5. The van der Waals surface area contributed by atoms with Gasteiger partial charge in [0.15, 0.2) is 17.4 Å². The molecule has 1 amide bonds. The maximum absolute atomic E-state index is 13.1. The summed E-state index contributed by atoms with van der Waals surface area (Å²) >= 11 is 0. The minimum Gasteiger partial charge on any atom is -0.507 e. The van der Waals surface area contributed by atoms with E-state index in [1.165, 1.54) is 24.3 Å². The minimum absolute atomic E-state index is 0.184. The van der Waals surface area contributed by atoms with Crippen molar-refractivity contribution in [1.29, 1.82) is 0 Å². The van der Waals surface area contributed by atoms with Gasteiger partial charge < -0.3 is 24.8 Å². The highest BCUT2D eigenvalue weighted by Crippen LogP contribution is 2.32. The number of rotatable bonds is 7. The van der Waals surface area contributed by atoms with Gasteiger partial charge >= 0.3 is 10.2 Å². The van der Waals surface area contributed by atoms with Crippen LogP contribution in [0.1, 0.15) is 16.6 Å². The Kier molecular flexibility index (Phi) is 6.32. The van der Waals surface area contributed by atoms with Crippen molar-refractivity contribution >= 4 is 27.3 Å².